The fourth-order valence-corrected chi connectivity index (χ4v) is 1.87. The molecule has 4 heteroatoms. The van der Waals surface area contributed by atoms with Gasteiger partial charge in [-0.05, 0) is 29.7 Å². The average molecular weight is 227 g/mol. The first-order chi connectivity index (χ1) is 7.09. The zero-order chi connectivity index (χ0) is 11.0. The lowest BCUT2D eigenvalue weighted by Crippen LogP contribution is -2.15. The summed E-state index contributed by atoms with van der Waals surface area (Å²) in [6, 6.07) is 5.10. The standard InChI is InChI=1S/C11H8ClFO2/c12-7-3-1-6-2-4-8(9(6)5-7)10(13)11(14)15/h1,3-5,10H,2H2,(H,14,15). The van der Waals surface area contributed by atoms with Crippen molar-refractivity contribution >= 4 is 23.1 Å². The second kappa shape index (κ2) is 3.66. The van der Waals surface area contributed by atoms with Crippen molar-refractivity contribution in [3.63, 3.8) is 0 Å². The highest BCUT2D eigenvalue weighted by atomic mass is 35.5. The van der Waals surface area contributed by atoms with E-state index in [0.717, 1.165) is 5.56 Å². The van der Waals surface area contributed by atoms with E-state index in [1.54, 1.807) is 24.3 Å². The van der Waals surface area contributed by atoms with Crippen LogP contribution in [0, 0.1) is 0 Å². The first kappa shape index (κ1) is 10.2. The van der Waals surface area contributed by atoms with Crippen LogP contribution in [0.4, 0.5) is 4.39 Å². The summed E-state index contributed by atoms with van der Waals surface area (Å²) in [5.74, 6) is -1.46. The Bertz CT molecular complexity index is 454. The van der Waals surface area contributed by atoms with Crippen LogP contribution < -0.4 is 0 Å². The van der Waals surface area contributed by atoms with Gasteiger partial charge in [0.05, 0.1) is 0 Å². The summed E-state index contributed by atoms with van der Waals surface area (Å²) in [4.78, 5) is 10.5. The van der Waals surface area contributed by atoms with Gasteiger partial charge in [0.1, 0.15) is 0 Å². The summed E-state index contributed by atoms with van der Waals surface area (Å²) in [5, 5.41) is 9.07. The van der Waals surface area contributed by atoms with Crippen LogP contribution in [0.1, 0.15) is 11.1 Å². The van der Waals surface area contributed by atoms with E-state index in [1.807, 2.05) is 0 Å². The molecule has 1 aliphatic carbocycles. The largest absolute Gasteiger partial charge is 0.479 e. The molecule has 0 saturated heterocycles. The second-order valence-corrected chi connectivity index (χ2v) is 3.80. The highest BCUT2D eigenvalue weighted by molar-refractivity contribution is 6.30. The van der Waals surface area contributed by atoms with E-state index >= 15 is 0 Å². The molecule has 15 heavy (non-hydrogen) atoms. The number of hydrogen-bond donors (Lipinski definition) is 1. The van der Waals surface area contributed by atoms with Gasteiger partial charge in [-0.2, -0.15) is 0 Å². The third-order valence-electron chi connectivity index (χ3n) is 2.41. The molecule has 78 valence electrons. The quantitative estimate of drug-likeness (QED) is 0.842. The van der Waals surface area contributed by atoms with Crippen LogP contribution in [0.2, 0.25) is 5.02 Å². The smallest absolute Gasteiger partial charge is 0.343 e. The number of hydrogen-bond acceptors (Lipinski definition) is 1. The Morgan fingerprint density at radius 1 is 1.53 bits per heavy atom. The van der Waals surface area contributed by atoms with Gasteiger partial charge in [0.15, 0.2) is 0 Å². The minimum Gasteiger partial charge on any atom is -0.479 e. The number of fused-ring (bicyclic) bond motifs is 1. The minimum atomic E-state index is -1.97. The van der Waals surface area contributed by atoms with Gasteiger partial charge in [-0.1, -0.05) is 23.7 Å². The van der Waals surface area contributed by atoms with Crippen molar-refractivity contribution in [2.75, 3.05) is 0 Å². The Balaban J connectivity index is 2.42. The Hall–Kier alpha value is -1.35. The maximum absolute atomic E-state index is 13.3. The highest BCUT2D eigenvalue weighted by Gasteiger charge is 2.27. The molecule has 1 atom stereocenters. The molecule has 2 rings (SSSR count). The lowest BCUT2D eigenvalue weighted by molar-refractivity contribution is -0.140. The zero-order valence-corrected chi connectivity index (χ0v) is 8.46. The van der Waals surface area contributed by atoms with E-state index in [1.165, 1.54) is 0 Å². The summed E-state index contributed by atoms with van der Waals surface area (Å²) >= 11 is 5.78. The molecule has 1 aromatic rings. The fourth-order valence-electron chi connectivity index (χ4n) is 1.70. The Kier molecular flexibility index (Phi) is 2.49. The van der Waals surface area contributed by atoms with E-state index in [2.05, 4.69) is 0 Å². The number of alkyl halides is 1. The number of carboxylic acid groups (broad SMARTS) is 1. The number of carboxylic acids is 1. The van der Waals surface area contributed by atoms with Crippen molar-refractivity contribution in [2.24, 2.45) is 0 Å². The topological polar surface area (TPSA) is 37.3 Å². The van der Waals surface area contributed by atoms with Crippen molar-refractivity contribution in [1.29, 1.82) is 0 Å². The van der Waals surface area contributed by atoms with Gasteiger partial charge in [0.2, 0.25) is 6.17 Å². The fraction of sp³-hybridized carbons (Fsp3) is 0.182. The van der Waals surface area contributed by atoms with E-state index in [0.29, 0.717) is 17.0 Å². The molecule has 0 aliphatic heterocycles. The predicted molar refractivity (Wildman–Crippen MR) is 55.7 cm³/mol. The normalized spacial score (nSPS) is 15.7. The van der Waals surface area contributed by atoms with Gasteiger partial charge in [-0.25, -0.2) is 9.18 Å². The monoisotopic (exact) mass is 226 g/mol. The van der Waals surface area contributed by atoms with Crippen LogP contribution in [0.15, 0.2) is 24.3 Å². The van der Waals surface area contributed by atoms with E-state index in [4.69, 9.17) is 16.7 Å². The molecule has 2 nitrogen and oxygen atoms in total. The maximum atomic E-state index is 13.3. The second-order valence-electron chi connectivity index (χ2n) is 3.37. The summed E-state index contributed by atoms with van der Waals surface area (Å²) in [6.45, 7) is 0. The van der Waals surface area contributed by atoms with Crippen LogP contribution in [-0.2, 0) is 11.2 Å². The Labute approximate surface area is 91.0 Å². The molecule has 0 spiro atoms. The number of aliphatic carboxylic acids is 1. The van der Waals surface area contributed by atoms with Crippen LogP contribution in [0.3, 0.4) is 0 Å². The number of halogens is 2. The first-order valence-electron chi connectivity index (χ1n) is 4.45. The lowest BCUT2D eigenvalue weighted by atomic mass is 10.0. The van der Waals surface area contributed by atoms with Gasteiger partial charge in [0.25, 0.3) is 0 Å². The van der Waals surface area contributed by atoms with Crippen LogP contribution in [0.25, 0.3) is 5.57 Å². The van der Waals surface area contributed by atoms with Crippen molar-refractivity contribution in [2.45, 2.75) is 12.6 Å². The maximum Gasteiger partial charge on any atom is 0.343 e. The molecule has 0 amide bonds. The molecule has 1 aromatic carbocycles. The number of allylic oxidation sites excluding steroid dienone is 1. The molecule has 1 aliphatic rings. The molecule has 0 heterocycles. The third kappa shape index (κ3) is 1.75. The molecular formula is C11H8ClFO2. The number of carbonyl (C=O) groups is 1. The summed E-state index contributed by atoms with van der Waals surface area (Å²) < 4.78 is 13.3. The van der Waals surface area contributed by atoms with E-state index in [9.17, 15) is 9.18 Å². The molecule has 0 saturated carbocycles. The SMILES string of the molecule is O=C(O)C(F)C1=CCc2ccc(Cl)cc21. The van der Waals surface area contributed by atoms with E-state index in [-0.39, 0.29) is 5.57 Å². The van der Waals surface area contributed by atoms with Crippen LogP contribution >= 0.6 is 11.6 Å². The summed E-state index contributed by atoms with van der Waals surface area (Å²) in [7, 11) is 0. The van der Waals surface area contributed by atoms with Gasteiger partial charge in [-0.15, -0.1) is 0 Å². The van der Waals surface area contributed by atoms with Gasteiger partial charge < -0.3 is 5.11 Å². The van der Waals surface area contributed by atoms with Crippen molar-refractivity contribution in [3.8, 4) is 0 Å². The molecule has 0 fully saturated rings. The van der Waals surface area contributed by atoms with Gasteiger partial charge >= 0.3 is 5.97 Å². The third-order valence-corrected chi connectivity index (χ3v) is 2.65. The van der Waals surface area contributed by atoms with Crippen molar-refractivity contribution in [1.82, 2.24) is 0 Å². The lowest BCUT2D eigenvalue weighted by Gasteiger charge is -2.07. The van der Waals surface area contributed by atoms with Crippen LogP contribution in [-0.4, -0.2) is 17.2 Å². The molecule has 0 radical (unpaired) electrons. The van der Waals surface area contributed by atoms with E-state index < -0.39 is 12.1 Å². The number of rotatable bonds is 2. The first-order valence-corrected chi connectivity index (χ1v) is 4.83. The molecule has 0 aromatic heterocycles. The minimum absolute atomic E-state index is 0.208. The molecule has 1 N–H and O–H groups in total. The van der Waals surface area contributed by atoms with Gasteiger partial charge in [0, 0.05) is 10.6 Å². The average Bonchev–Trinajstić information content (AvgIpc) is 2.59. The Morgan fingerprint density at radius 2 is 2.27 bits per heavy atom. The number of benzene rings is 1. The van der Waals surface area contributed by atoms with Crippen molar-refractivity contribution < 1.29 is 14.3 Å². The summed E-state index contributed by atoms with van der Waals surface area (Å²) in [6.07, 6.45) is 0.194. The predicted octanol–water partition coefficient (Wildman–Crippen LogP) is 2.70. The summed E-state index contributed by atoms with van der Waals surface area (Å²) in [5.41, 5.74) is 1.73. The van der Waals surface area contributed by atoms with Crippen molar-refractivity contribution in [3.05, 3.63) is 40.4 Å². The molecule has 1 unspecified atom stereocenters. The zero-order valence-electron chi connectivity index (χ0n) is 7.71. The highest BCUT2D eigenvalue weighted by Crippen LogP contribution is 2.33. The molecule has 0 bridgehead atoms. The van der Waals surface area contributed by atoms with Gasteiger partial charge in [-0.3, -0.25) is 0 Å². The Morgan fingerprint density at radius 3 is 2.93 bits per heavy atom. The van der Waals surface area contributed by atoms with Crippen LogP contribution in [0.5, 0.6) is 0 Å². The molecular weight excluding hydrogens is 219 g/mol.